The fourth-order valence-corrected chi connectivity index (χ4v) is 1.73. The number of pyridine rings is 1. The zero-order chi connectivity index (χ0) is 10.7. The standard InChI is InChI=1S/C9H11BrClFN2/c1-6(10)5-14(2)9-8(12)3-7(11)4-13-9/h3-4,6H,5H2,1-2H3. The van der Waals surface area contributed by atoms with Crippen LogP contribution >= 0.6 is 27.5 Å². The van der Waals surface area contributed by atoms with Crippen molar-refractivity contribution in [1.29, 1.82) is 0 Å². The number of rotatable bonds is 3. The molecule has 1 aromatic heterocycles. The van der Waals surface area contributed by atoms with Crippen molar-refractivity contribution in [3.8, 4) is 0 Å². The first-order valence-electron chi connectivity index (χ1n) is 4.17. The SMILES string of the molecule is CC(Br)CN(C)c1ncc(Cl)cc1F. The van der Waals surface area contributed by atoms with Gasteiger partial charge in [-0.05, 0) is 6.07 Å². The minimum absolute atomic E-state index is 0.282. The van der Waals surface area contributed by atoms with Crippen LogP contribution in [0.15, 0.2) is 12.3 Å². The predicted octanol–water partition coefficient (Wildman–Crippen LogP) is 3.09. The first kappa shape index (κ1) is 11.7. The number of hydrogen-bond donors (Lipinski definition) is 0. The Bertz CT molecular complexity index is 320. The van der Waals surface area contributed by atoms with Crippen molar-refractivity contribution in [3.05, 3.63) is 23.1 Å². The second kappa shape index (κ2) is 4.94. The third-order valence-electron chi connectivity index (χ3n) is 1.68. The van der Waals surface area contributed by atoms with Crippen LogP contribution in [0.1, 0.15) is 6.92 Å². The summed E-state index contributed by atoms with van der Waals surface area (Å²) in [6, 6.07) is 1.26. The average Bonchev–Trinajstić information content (AvgIpc) is 2.01. The highest BCUT2D eigenvalue weighted by atomic mass is 79.9. The molecule has 2 nitrogen and oxygen atoms in total. The topological polar surface area (TPSA) is 16.1 Å². The van der Waals surface area contributed by atoms with Crippen molar-refractivity contribution in [3.63, 3.8) is 0 Å². The van der Waals surface area contributed by atoms with Gasteiger partial charge in [0, 0.05) is 24.6 Å². The van der Waals surface area contributed by atoms with Gasteiger partial charge in [-0.3, -0.25) is 0 Å². The molecule has 0 N–H and O–H groups in total. The van der Waals surface area contributed by atoms with E-state index in [0.29, 0.717) is 17.4 Å². The highest BCUT2D eigenvalue weighted by Gasteiger charge is 2.11. The third-order valence-corrected chi connectivity index (χ3v) is 2.17. The maximum Gasteiger partial charge on any atom is 0.167 e. The molecular weight excluding hydrogens is 270 g/mol. The fraction of sp³-hybridized carbons (Fsp3) is 0.444. The van der Waals surface area contributed by atoms with Gasteiger partial charge in [0.2, 0.25) is 0 Å². The predicted molar refractivity (Wildman–Crippen MR) is 60.9 cm³/mol. The van der Waals surface area contributed by atoms with Crippen LogP contribution < -0.4 is 4.90 Å². The summed E-state index contributed by atoms with van der Waals surface area (Å²) in [6.45, 7) is 2.68. The van der Waals surface area contributed by atoms with Gasteiger partial charge in [-0.15, -0.1) is 0 Å². The Morgan fingerprint density at radius 3 is 2.86 bits per heavy atom. The van der Waals surface area contributed by atoms with Crippen molar-refractivity contribution in [2.45, 2.75) is 11.8 Å². The van der Waals surface area contributed by atoms with Crippen LogP contribution in [0, 0.1) is 5.82 Å². The van der Waals surface area contributed by atoms with E-state index in [0.717, 1.165) is 0 Å². The van der Waals surface area contributed by atoms with Gasteiger partial charge in [-0.2, -0.15) is 0 Å². The van der Waals surface area contributed by atoms with E-state index in [9.17, 15) is 4.39 Å². The lowest BCUT2D eigenvalue weighted by molar-refractivity contribution is 0.615. The molecule has 1 atom stereocenters. The van der Waals surface area contributed by atoms with Crippen LogP contribution in [-0.2, 0) is 0 Å². The summed E-state index contributed by atoms with van der Waals surface area (Å²) >= 11 is 8.99. The van der Waals surface area contributed by atoms with E-state index in [1.54, 1.807) is 11.9 Å². The molecule has 0 radical (unpaired) electrons. The molecule has 1 aromatic rings. The van der Waals surface area contributed by atoms with Crippen molar-refractivity contribution in [1.82, 2.24) is 4.98 Å². The lowest BCUT2D eigenvalue weighted by Gasteiger charge is -2.19. The van der Waals surface area contributed by atoms with Crippen LogP contribution in [0.5, 0.6) is 0 Å². The summed E-state index contributed by atoms with van der Waals surface area (Å²) < 4.78 is 13.3. The van der Waals surface area contributed by atoms with Gasteiger partial charge in [0.1, 0.15) is 0 Å². The number of anilines is 1. The molecule has 14 heavy (non-hydrogen) atoms. The highest BCUT2D eigenvalue weighted by Crippen LogP contribution is 2.19. The lowest BCUT2D eigenvalue weighted by atomic mass is 10.4. The van der Waals surface area contributed by atoms with E-state index in [2.05, 4.69) is 20.9 Å². The van der Waals surface area contributed by atoms with E-state index in [-0.39, 0.29) is 4.83 Å². The summed E-state index contributed by atoms with van der Waals surface area (Å²) in [5, 5.41) is 0.312. The molecule has 1 unspecified atom stereocenters. The number of aromatic nitrogens is 1. The maximum absolute atomic E-state index is 13.3. The first-order valence-corrected chi connectivity index (χ1v) is 5.46. The monoisotopic (exact) mass is 280 g/mol. The Morgan fingerprint density at radius 1 is 1.71 bits per heavy atom. The molecular formula is C9H11BrClFN2. The smallest absolute Gasteiger partial charge is 0.167 e. The van der Waals surface area contributed by atoms with Gasteiger partial charge in [0.05, 0.1) is 5.02 Å². The molecule has 0 saturated heterocycles. The molecule has 78 valence electrons. The largest absolute Gasteiger partial charge is 0.356 e. The second-order valence-corrected chi connectivity index (χ2v) is 5.12. The molecule has 0 amide bonds. The van der Waals surface area contributed by atoms with Gasteiger partial charge in [-0.1, -0.05) is 34.5 Å². The summed E-state index contributed by atoms with van der Waals surface area (Å²) in [5.74, 6) is -0.0751. The quantitative estimate of drug-likeness (QED) is 0.792. The first-order chi connectivity index (χ1) is 6.50. The van der Waals surface area contributed by atoms with E-state index in [1.165, 1.54) is 12.3 Å². The average molecular weight is 282 g/mol. The van der Waals surface area contributed by atoms with Gasteiger partial charge in [-0.25, -0.2) is 9.37 Å². The van der Waals surface area contributed by atoms with Crippen LogP contribution in [-0.4, -0.2) is 23.4 Å². The Morgan fingerprint density at radius 2 is 2.36 bits per heavy atom. The molecule has 0 aromatic carbocycles. The Hall–Kier alpha value is -0.350. The van der Waals surface area contributed by atoms with E-state index in [1.807, 2.05) is 6.92 Å². The minimum atomic E-state index is -0.395. The Kier molecular flexibility index (Phi) is 4.13. The normalized spacial score (nSPS) is 12.6. The fourth-order valence-electron chi connectivity index (χ4n) is 1.15. The maximum atomic E-state index is 13.3. The zero-order valence-corrected chi connectivity index (χ0v) is 10.3. The minimum Gasteiger partial charge on any atom is -0.356 e. The molecule has 1 rings (SSSR count). The van der Waals surface area contributed by atoms with Crippen molar-refractivity contribution in [2.75, 3.05) is 18.5 Å². The Labute approximate surface area is 96.2 Å². The Balaban J connectivity index is 2.84. The zero-order valence-electron chi connectivity index (χ0n) is 7.97. The lowest BCUT2D eigenvalue weighted by Crippen LogP contribution is -2.25. The molecule has 0 fully saturated rings. The number of nitrogens with zero attached hydrogens (tertiary/aromatic N) is 2. The molecule has 0 aliphatic heterocycles. The van der Waals surface area contributed by atoms with Crippen LogP contribution in [0.3, 0.4) is 0 Å². The van der Waals surface area contributed by atoms with Gasteiger partial charge >= 0.3 is 0 Å². The molecule has 0 spiro atoms. The summed E-state index contributed by atoms with van der Waals surface area (Å²) in [7, 11) is 1.79. The van der Waals surface area contributed by atoms with Gasteiger partial charge in [0.25, 0.3) is 0 Å². The number of hydrogen-bond acceptors (Lipinski definition) is 2. The molecule has 0 saturated carbocycles. The van der Waals surface area contributed by atoms with E-state index < -0.39 is 5.82 Å². The molecule has 1 heterocycles. The summed E-state index contributed by atoms with van der Waals surface area (Å²) in [4.78, 5) is 5.95. The molecule has 0 aliphatic carbocycles. The van der Waals surface area contributed by atoms with Crippen molar-refractivity contribution < 1.29 is 4.39 Å². The highest BCUT2D eigenvalue weighted by molar-refractivity contribution is 9.09. The molecule has 0 bridgehead atoms. The molecule has 5 heteroatoms. The van der Waals surface area contributed by atoms with Crippen LogP contribution in [0.4, 0.5) is 10.2 Å². The van der Waals surface area contributed by atoms with Gasteiger partial charge < -0.3 is 4.90 Å². The summed E-state index contributed by atoms with van der Waals surface area (Å²) in [5.41, 5.74) is 0. The van der Waals surface area contributed by atoms with Gasteiger partial charge in [0.15, 0.2) is 11.6 Å². The van der Waals surface area contributed by atoms with Crippen molar-refractivity contribution in [2.24, 2.45) is 0 Å². The number of halogens is 3. The summed E-state index contributed by atoms with van der Waals surface area (Å²) in [6.07, 6.45) is 1.44. The molecule has 0 aliphatic rings. The second-order valence-electron chi connectivity index (χ2n) is 3.12. The van der Waals surface area contributed by atoms with E-state index >= 15 is 0 Å². The van der Waals surface area contributed by atoms with Crippen LogP contribution in [0.2, 0.25) is 5.02 Å². The third kappa shape index (κ3) is 3.10. The van der Waals surface area contributed by atoms with Crippen molar-refractivity contribution >= 4 is 33.3 Å². The van der Waals surface area contributed by atoms with Crippen LogP contribution in [0.25, 0.3) is 0 Å². The van der Waals surface area contributed by atoms with E-state index in [4.69, 9.17) is 11.6 Å². The number of alkyl halides is 1.